The number of sulfonamides is 1. The average molecular weight is 499 g/mol. The SMILES string of the molecule is COc1ccc(S(=O)(=O)N2CCN3CC(=O)Nc4cc(-c5ncnn5C)ccc4OC[C@H]3C2)cc1. The van der Waals surface area contributed by atoms with Crippen molar-refractivity contribution in [2.75, 3.05) is 45.2 Å². The summed E-state index contributed by atoms with van der Waals surface area (Å²) in [4.78, 5) is 19.3. The molecule has 2 aliphatic rings. The van der Waals surface area contributed by atoms with E-state index in [1.54, 1.807) is 42.1 Å². The number of hydrogen-bond acceptors (Lipinski definition) is 8. The lowest BCUT2D eigenvalue weighted by atomic mass is 10.1. The van der Waals surface area contributed by atoms with E-state index in [1.807, 2.05) is 17.0 Å². The van der Waals surface area contributed by atoms with Crippen molar-refractivity contribution < 1.29 is 22.7 Å². The zero-order chi connectivity index (χ0) is 24.6. The quantitative estimate of drug-likeness (QED) is 0.570. The Morgan fingerprint density at radius 3 is 2.66 bits per heavy atom. The number of carbonyl (C=O) groups excluding carboxylic acids is 1. The number of nitrogens with zero attached hydrogens (tertiary/aromatic N) is 5. The van der Waals surface area contributed by atoms with E-state index in [0.717, 1.165) is 5.56 Å². The molecule has 3 aromatic rings. The minimum atomic E-state index is -3.70. The Morgan fingerprint density at radius 1 is 1.14 bits per heavy atom. The van der Waals surface area contributed by atoms with Crippen LogP contribution in [0.2, 0.25) is 0 Å². The van der Waals surface area contributed by atoms with E-state index >= 15 is 0 Å². The summed E-state index contributed by atoms with van der Waals surface area (Å²) in [6.45, 7) is 1.28. The Labute approximate surface area is 203 Å². The molecule has 0 unspecified atom stereocenters. The van der Waals surface area contributed by atoms with Crippen LogP contribution in [0.15, 0.2) is 53.7 Å². The summed E-state index contributed by atoms with van der Waals surface area (Å²) < 4.78 is 40.8. The van der Waals surface area contributed by atoms with Crippen molar-refractivity contribution in [3.63, 3.8) is 0 Å². The fraction of sp³-hybridized carbons (Fsp3) is 0.348. The minimum Gasteiger partial charge on any atom is -0.497 e. The first kappa shape index (κ1) is 23.3. The molecule has 0 bridgehead atoms. The van der Waals surface area contributed by atoms with Crippen LogP contribution in [0.3, 0.4) is 0 Å². The van der Waals surface area contributed by atoms with Gasteiger partial charge in [0.2, 0.25) is 15.9 Å². The summed E-state index contributed by atoms with van der Waals surface area (Å²) >= 11 is 0. The molecule has 0 spiro atoms. The maximum atomic E-state index is 13.3. The van der Waals surface area contributed by atoms with Crippen molar-refractivity contribution in [3.8, 4) is 22.9 Å². The molecule has 2 aromatic carbocycles. The van der Waals surface area contributed by atoms with Gasteiger partial charge in [-0.3, -0.25) is 9.69 Å². The highest BCUT2D eigenvalue weighted by atomic mass is 32.2. The number of amides is 1. The van der Waals surface area contributed by atoms with Crippen LogP contribution in [0, 0.1) is 0 Å². The van der Waals surface area contributed by atoms with Crippen LogP contribution in [0.1, 0.15) is 0 Å². The fourth-order valence-electron chi connectivity index (χ4n) is 4.36. The summed E-state index contributed by atoms with van der Waals surface area (Å²) in [7, 11) is -0.370. The lowest BCUT2D eigenvalue weighted by Crippen LogP contribution is -2.57. The Kier molecular flexibility index (Phi) is 6.17. The van der Waals surface area contributed by atoms with Crippen LogP contribution in [0.25, 0.3) is 11.4 Å². The van der Waals surface area contributed by atoms with Gasteiger partial charge in [-0.2, -0.15) is 9.40 Å². The highest BCUT2D eigenvalue weighted by Crippen LogP contribution is 2.31. The van der Waals surface area contributed by atoms with Crippen LogP contribution in [-0.2, 0) is 21.9 Å². The molecule has 1 aromatic heterocycles. The molecule has 0 aliphatic carbocycles. The van der Waals surface area contributed by atoms with Crippen molar-refractivity contribution in [3.05, 3.63) is 48.8 Å². The number of nitrogens with one attached hydrogen (secondary N) is 1. The van der Waals surface area contributed by atoms with Crippen molar-refractivity contribution in [1.82, 2.24) is 24.0 Å². The van der Waals surface area contributed by atoms with Gasteiger partial charge in [0, 0.05) is 32.2 Å². The second-order valence-electron chi connectivity index (χ2n) is 8.44. The number of aromatic nitrogens is 3. The first-order chi connectivity index (χ1) is 16.8. The molecule has 1 amide bonds. The lowest BCUT2D eigenvalue weighted by molar-refractivity contribution is -0.118. The fourth-order valence-corrected chi connectivity index (χ4v) is 5.82. The van der Waals surface area contributed by atoms with Crippen molar-refractivity contribution in [2.45, 2.75) is 10.9 Å². The lowest BCUT2D eigenvalue weighted by Gasteiger charge is -2.39. The van der Waals surface area contributed by atoms with E-state index in [0.29, 0.717) is 29.6 Å². The van der Waals surface area contributed by atoms with Crippen LogP contribution >= 0.6 is 0 Å². The first-order valence-corrected chi connectivity index (χ1v) is 12.6. The Bertz CT molecular complexity index is 1340. The Hall–Kier alpha value is -3.48. The summed E-state index contributed by atoms with van der Waals surface area (Å²) in [5.41, 5.74) is 1.33. The number of methoxy groups -OCH3 is 1. The van der Waals surface area contributed by atoms with Gasteiger partial charge in [0.25, 0.3) is 0 Å². The largest absolute Gasteiger partial charge is 0.497 e. The van der Waals surface area contributed by atoms with E-state index in [1.165, 1.54) is 17.7 Å². The summed E-state index contributed by atoms with van der Waals surface area (Å²) in [6, 6.07) is 11.5. The molecular weight excluding hydrogens is 472 g/mol. The normalized spacial score (nSPS) is 19.4. The predicted octanol–water partition coefficient (Wildman–Crippen LogP) is 1.20. The molecule has 3 heterocycles. The summed E-state index contributed by atoms with van der Waals surface area (Å²) in [5, 5.41) is 7.02. The van der Waals surface area contributed by atoms with Crippen LogP contribution in [0.5, 0.6) is 11.5 Å². The molecule has 1 fully saturated rings. The van der Waals surface area contributed by atoms with Crippen molar-refractivity contribution in [1.29, 1.82) is 0 Å². The molecule has 0 saturated carbocycles. The molecule has 35 heavy (non-hydrogen) atoms. The van der Waals surface area contributed by atoms with E-state index < -0.39 is 10.0 Å². The topological polar surface area (TPSA) is 119 Å². The summed E-state index contributed by atoms with van der Waals surface area (Å²) in [5.74, 6) is 1.58. The third kappa shape index (κ3) is 4.59. The molecular formula is C23H26N6O5S. The van der Waals surface area contributed by atoms with E-state index in [2.05, 4.69) is 15.4 Å². The number of anilines is 1. The molecule has 184 valence electrons. The van der Waals surface area contributed by atoms with Gasteiger partial charge in [0.05, 0.1) is 30.3 Å². The zero-order valence-corrected chi connectivity index (χ0v) is 20.2. The van der Waals surface area contributed by atoms with Gasteiger partial charge in [0.15, 0.2) is 5.82 Å². The molecule has 0 radical (unpaired) electrons. The van der Waals surface area contributed by atoms with Gasteiger partial charge < -0.3 is 14.8 Å². The van der Waals surface area contributed by atoms with Crippen LogP contribution in [0.4, 0.5) is 5.69 Å². The molecule has 1 atom stereocenters. The second kappa shape index (κ2) is 9.29. The van der Waals surface area contributed by atoms with Crippen LogP contribution < -0.4 is 14.8 Å². The van der Waals surface area contributed by atoms with Gasteiger partial charge in [-0.15, -0.1) is 0 Å². The van der Waals surface area contributed by atoms with Gasteiger partial charge in [-0.05, 0) is 42.5 Å². The third-order valence-electron chi connectivity index (χ3n) is 6.27. The van der Waals surface area contributed by atoms with Crippen LogP contribution in [-0.4, -0.2) is 84.2 Å². The maximum Gasteiger partial charge on any atom is 0.243 e. The number of hydrogen-bond donors (Lipinski definition) is 1. The van der Waals surface area contributed by atoms with Crippen molar-refractivity contribution >= 4 is 21.6 Å². The molecule has 11 nitrogen and oxygen atoms in total. The maximum absolute atomic E-state index is 13.3. The molecule has 2 aliphatic heterocycles. The van der Waals surface area contributed by atoms with Gasteiger partial charge in [0.1, 0.15) is 24.4 Å². The number of fused-ring (bicyclic) bond motifs is 2. The van der Waals surface area contributed by atoms with Gasteiger partial charge in [-0.1, -0.05) is 0 Å². The third-order valence-corrected chi connectivity index (χ3v) is 8.15. The Morgan fingerprint density at radius 2 is 1.94 bits per heavy atom. The highest BCUT2D eigenvalue weighted by molar-refractivity contribution is 7.89. The molecule has 1 saturated heterocycles. The number of ether oxygens (including phenoxy) is 2. The standard InChI is InChI=1S/C23H26N6O5S/c1-27-23(24-15-25-27)16-3-8-21-20(11-16)26-22(30)13-28-9-10-29(12-17(28)14-34-21)35(31,32)19-6-4-18(33-2)5-7-19/h3-8,11,15,17H,9-10,12-14H2,1-2H3,(H,26,30)/t17-/m1/s1. The van der Waals surface area contributed by atoms with E-state index in [9.17, 15) is 13.2 Å². The monoisotopic (exact) mass is 498 g/mol. The molecule has 5 rings (SSSR count). The number of carbonyl (C=O) groups is 1. The minimum absolute atomic E-state index is 0.137. The van der Waals surface area contributed by atoms with Crippen molar-refractivity contribution in [2.24, 2.45) is 7.05 Å². The number of rotatable bonds is 4. The summed E-state index contributed by atoms with van der Waals surface area (Å²) in [6.07, 6.45) is 1.47. The van der Waals surface area contributed by atoms with E-state index in [-0.39, 0.29) is 43.1 Å². The van der Waals surface area contributed by atoms with Gasteiger partial charge in [-0.25, -0.2) is 18.1 Å². The highest BCUT2D eigenvalue weighted by Gasteiger charge is 2.36. The van der Waals surface area contributed by atoms with Gasteiger partial charge >= 0.3 is 0 Å². The van der Waals surface area contributed by atoms with E-state index in [4.69, 9.17) is 9.47 Å². The molecule has 12 heteroatoms. The predicted molar refractivity (Wildman–Crippen MR) is 128 cm³/mol. The number of benzene rings is 2. The first-order valence-electron chi connectivity index (χ1n) is 11.1. The average Bonchev–Trinajstić information content (AvgIpc) is 3.31. The Balaban J connectivity index is 1.37. The second-order valence-corrected chi connectivity index (χ2v) is 10.4. The smallest absolute Gasteiger partial charge is 0.243 e. The molecule has 1 N–H and O–H groups in total. The number of aryl methyl sites for hydroxylation is 1. The zero-order valence-electron chi connectivity index (χ0n) is 19.4. The number of piperazine rings is 1.